The molecular formula is C17H14N4OS. The van der Waals surface area contributed by atoms with E-state index in [-0.39, 0.29) is 0 Å². The zero-order valence-electron chi connectivity index (χ0n) is 12.5. The quantitative estimate of drug-likeness (QED) is 0.424. The van der Waals surface area contributed by atoms with Crippen molar-refractivity contribution in [2.45, 2.75) is 11.8 Å². The summed E-state index contributed by atoms with van der Waals surface area (Å²) >= 11 is 1.55. The van der Waals surface area contributed by atoms with Crippen LogP contribution in [0.1, 0.15) is 5.82 Å². The van der Waals surface area contributed by atoms with Gasteiger partial charge in [0, 0.05) is 5.39 Å². The maximum Gasteiger partial charge on any atom is 0.191 e. The van der Waals surface area contributed by atoms with Crippen LogP contribution in [0.15, 0.2) is 59.8 Å². The smallest absolute Gasteiger partial charge is 0.191 e. The molecule has 0 atom stereocenters. The minimum atomic E-state index is 0.327. The highest BCUT2D eigenvalue weighted by Crippen LogP contribution is 2.22. The van der Waals surface area contributed by atoms with Crippen molar-refractivity contribution in [3.8, 4) is 5.75 Å². The minimum absolute atomic E-state index is 0.327. The second-order valence-corrected chi connectivity index (χ2v) is 5.75. The van der Waals surface area contributed by atoms with E-state index in [9.17, 15) is 0 Å². The van der Waals surface area contributed by atoms with Crippen molar-refractivity contribution in [3.05, 3.63) is 60.4 Å². The maximum absolute atomic E-state index is 5.74. The molecule has 114 valence electrons. The summed E-state index contributed by atoms with van der Waals surface area (Å²) in [5.41, 5.74) is 1.74. The number of rotatable bonds is 4. The molecule has 4 aromatic rings. The Hall–Kier alpha value is -2.60. The molecule has 0 unspecified atom stereocenters. The fourth-order valence-electron chi connectivity index (χ4n) is 2.43. The van der Waals surface area contributed by atoms with Crippen LogP contribution in [0.4, 0.5) is 0 Å². The van der Waals surface area contributed by atoms with Gasteiger partial charge in [-0.3, -0.25) is 0 Å². The lowest BCUT2D eigenvalue weighted by Gasteiger charge is -2.03. The second kappa shape index (κ2) is 5.89. The van der Waals surface area contributed by atoms with Gasteiger partial charge >= 0.3 is 0 Å². The molecule has 0 radical (unpaired) electrons. The van der Waals surface area contributed by atoms with Gasteiger partial charge in [-0.1, -0.05) is 42.1 Å². The van der Waals surface area contributed by atoms with Crippen molar-refractivity contribution in [2.24, 2.45) is 0 Å². The molecule has 0 bridgehead atoms. The number of hydrogen-bond acceptors (Lipinski definition) is 5. The van der Waals surface area contributed by atoms with Crippen molar-refractivity contribution < 1.29 is 4.74 Å². The van der Waals surface area contributed by atoms with E-state index in [1.165, 1.54) is 0 Å². The summed E-state index contributed by atoms with van der Waals surface area (Å²) in [6.45, 7) is 0.327. The van der Waals surface area contributed by atoms with Gasteiger partial charge in [0.25, 0.3) is 0 Å². The Morgan fingerprint density at radius 1 is 1.00 bits per heavy atom. The molecule has 0 N–H and O–H groups in total. The molecule has 2 aromatic heterocycles. The molecule has 2 aromatic carbocycles. The van der Waals surface area contributed by atoms with Gasteiger partial charge in [0.1, 0.15) is 12.4 Å². The maximum atomic E-state index is 5.74. The Labute approximate surface area is 137 Å². The van der Waals surface area contributed by atoms with E-state index in [0.717, 1.165) is 27.5 Å². The lowest BCUT2D eigenvalue weighted by molar-refractivity contribution is 0.296. The largest absolute Gasteiger partial charge is 0.486 e. The van der Waals surface area contributed by atoms with Gasteiger partial charge < -0.3 is 4.74 Å². The molecule has 0 fully saturated rings. The van der Waals surface area contributed by atoms with Gasteiger partial charge in [0.05, 0.1) is 5.52 Å². The first-order chi connectivity index (χ1) is 11.3. The number of fused-ring (bicyclic) bond motifs is 3. The van der Waals surface area contributed by atoms with Crippen molar-refractivity contribution in [3.63, 3.8) is 0 Å². The Morgan fingerprint density at radius 3 is 2.61 bits per heavy atom. The number of hydrogen-bond donors (Lipinski definition) is 0. The molecule has 6 heteroatoms. The highest BCUT2D eigenvalue weighted by molar-refractivity contribution is 7.98. The predicted octanol–water partition coefficient (Wildman–Crippen LogP) is 3.58. The molecule has 2 heterocycles. The second-order valence-electron chi connectivity index (χ2n) is 4.98. The fraction of sp³-hybridized carbons (Fsp3) is 0.118. The third-order valence-corrected chi connectivity index (χ3v) is 4.12. The molecule has 0 spiro atoms. The van der Waals surface area contributed by atoms with E-state index in [0.29, 0.717) is 12.4 Å². The van der Waals surface area contributed by atoms with Gasteiger partial charge in [-0.2, -0.15) is 4.52 Å². The van der Waals surface area contributed by atoms with Crippen molar-refractivity contribution >= 4 is 28.3 Å². The van der Waals surface area contributed by atoms with E-state index < -0.39 is 0 Å². The Kier molecular flexibility index (Phi) is 3.59. The van der Waals surface area contributed by atoms with Crippen LogP contribution in [0, 0.1) is 0 Å². The van der Waals surface area contributed by atoms with Crippen LogP contribution in [0.5, 0.6) is 5.75 Å². The van der Waals surface area contributed by atoms with Crippen LogP contribution in [-0.2, 0) is 6.61 Å². The average molecular weight is 322 g/mol. The number of thioether (sulfide) groups is 1. The number of aromatic nitrogens is 4. The molecule has 4 rings (SSSR count). The first kappa shape index (κ1) is 14.0. The highest BCUT2D eigenvalue weighted by atomic mass is 32.2. The third-order valence-electron chi connectivity index (χ3n) is 3.49. The third kappa shape index (κ3) is 2.61. The Morgan fingerprint density at radius 2 is 1.78 bits per heavy atom. The molecule has 23 heavy (non-hydrogen) atoms. The molecule has 0 aliphatic rings. The standard InChI is InChI=1S/C17H14N4OS/c1-23-17-18-14-10-6-5-9-13(14)16-19-15(20-21(16)17)11-22-12-7-3-2-4-8-12/h2-10H,11H2,1H3. The molecule has 0 aliphatic carbocycles. The first-order valence-electron chi connectivity index (χ1n) is 7.21. The summed E-state index contributed by atoms with van der Waals surface area (Å²) < 4.78 is 7.53. The molecule has 0 saturated carbocycles. The monoisotopic (exact) mass is 322 g/mol. The number of benzene rings is 2. The molecule has 5 nitrogen and oxygen atoms in total. The van der Waals surface area contributed by atoms with Crippen molar-refractivity contribution in [2.75, 3.05) is 6.26 Å². The summed E-state index contributed by atoms with van der Waals surface area (Å²) in [7, 11) is 0. The van der Waals surface area contributed by atoms with Gasteiger partial charge in [-0.05, 0) is 30.5 Å². The van der Waals surface area contributed by atoms with Gasteiger partial charge in [0.2, 0.25) is 0 Å². The highest BCUT2D eigenvalue weighted by Gasteiger charge is 2.13. The van der Waals surface area contributed by atoms with Crippen LogP contribution in [-0.4, -0.2) is 25.8 Å². The minimum Gasteiger partial charge on any atom is -0.486 e. The van der Waals surface area contributed by atoms with Crippen LogP contribution in [0.3, 0.4) is 0 Å². The fourth-order valence-corrected chi connectivity index (χ4v) is 2.92. The van der Waals surface area contributed by atoms with Crippen LogP contribution < -0.4 is 4.74 Å². The Bertz CT molecular complexity index is 968. The predicted molar refractivity (Wildman–Crippen MR) is 90.8 cm³/mol. The summed E-state index contributed by atoms with van der Waals surface area (Å²) in [4.78, 5) is 9.27. The van der Waals surface area contributed by atoms with Gasteiger partial charge in [0.15, 0.2) is 16.6 Å². The van der Waals surface area contributed by atoms with Gasteiger partial charge in [-0.25, -0.2) is 9.97 Å². The molecule has 0 saturated heterocycles. The molecule has 0 aliphatic heterocycles. The Balaban J connectivity index is 1.76. The summed E-state index contributed by atoms with van der Waals surface area (Å²) in [6.07, 6.45) is 1.98. The van der Waals surface area contributed by atoms with Crippen molar-refractivity contribution in [1.29, 1.82) is 0 Å². The van der Waals surface area contributed by atoms with E-state index in [2.05, 4.69) is 15.1 Å². The van der Waals surface area contributed by atoms with Gasteiger partial charge in [-0.15, -0.1) is 5.10 Å². The van der Waals surface area contributed by atoms with E-state index in [4.69, 9.17) is 4.74 Å². The molecular weight excluding hydrogens is 308 g/mol. The number of nitrogens with zero attached hydrogens (tertiary/aromatic N) is 4. The first-order valence-corrected chi connectivity index (χ1v) is 8.44. The van der Waals surface area contributed by atoms with Crippen LogP contribution >= 0.6 is 11.8 Å². The number of para-hydroxylation sites is 2. The van der Waals surface area contributed by atoms with E-state index in [1.807, 2.05) is 60.9 Å². The lowest BCUT2D eigenvalue weighted by Crippen LogP contribution is -1.99. The summed E-state index contributed by atoms with van der Waals surface area (Å²) in [6, 6.07) is 17.6. The van der Waals surface area contributed by atoms with Crippen molar-refractivity contribution in [1.82, 2.24) is 19.6 Å². The van der Waals surface area contributed by atoms with E-state index in [1.54, 1.807) is 16.3 Å². The summed E-state index contributed by atoms with van der Waals surface area (Å²) in [5.74, 6) is 1.45. The van der Waals surface area contributed by atoms with Crippen LogP contribution in [0.2, 0.25) is 0 Å². The topological polar surface area (TPSA) is 52.3 Å². The number of ether oxygens (including phenoxy) is 1. The SMILES string of the molecule is CSc1nc2ccccc2c2nc(COc3ccccc3)nn12. The zero-order valence-corrected chi connectivity index (χ0v) is 13.3. The average Bonchev–Trinajstić information content (AvgIpc) is 3.04. The molecule has 0 amide bonds. The normalized spacial score (nSPS) is 11.2. The lowest BCUT2D eigenvalue weighted by atomic mass is 10.2. The zero-order chi connectivity index (χ0) is 15.6. The van der Waals surface area contributed by atoms with Crippen LogP contribution in [0.25, 0.3) is 16.6 Å². The summed E-state index contributed by atoms with van der Waals surface area (Å²) in [5, 5.41) is 6.35. The van der Waals surface area contributed by atoms with E-state index >= 15 is 0 Å².